The average Bonchev–Trinajstić information content (AvgIpc) is 2.09. The van der Waals surface area contributed by atoms with E-state index in [1.165, 1.54) is 38.5 Å². The monoisotopic (exact) mass is 181 g/mol. The van der Waals surface area contributed by atoms with Gasteiger partial charge in [0.2, 0.25) is 0 Å². The first kappa shape index (κ1) is 11.1. The number of hydrogen-bond donors (Lipinski definition) is 0. The van der Waals surface area contributed by atoms with E-state index in [9.17, 15) is 0 Å². The summed E-state index contributed by atoms with van der Waals surface area (Å²) in [6.45, 7) is 7.04. The van der Waals surface area contributed by atoms with E-state index < -0.39 is 0 Å². The molecule has 0 heterocycles. The molecular formula is C13H25. The van der Waals surface area contributed by atoms with E-state index in [0.717, 1.165) is 17.8 Å². The molecule has 0 nitrogen and oxygen atoms in total. The minimum Gasteiger partial charge on any atom is -0.0625 e. The zero-order valence-electron chi connectivity index (χ0n) is 9.55. The van der Waals surface area contributed by atoms with Gasteiger partial charge in [-0.2, -0.15) is 0 Å². The SMILES string of the molecule is C[CH]CCCC1CCC(C)CC1C. The van der Waals surface area contributed by atoms with Gasteiger partial charge in [-0.1, -0.05) is 46.5 Å². The van der Waals surface area contributed by atoms with Gasteiger partial charge in [0.25, 0.3) is 0 Å². The molecule has 0 N–H and O–H groups in total. The molecule has 0 spiro atoms. The van der Waals surface area contributed by atoms with Gasteiger partial charge in [0, 0.05) is 0 Å². The number of rotatable bonds is 4. The molecule has 0 aromatic carbocycles. The molecule has 0 saturated heterocycles. The van der Waals surface area contributed by atoms with Crippen LogP contribution in [0.2, 0.25) is 0 Å². The fraction of sp³-hybridized carbons (Fsp3) is 0.923. The van der Waals surface area contributed by atoms with E-state index in [2.05, 4.69) is 27.2 Å². The summed E-state index contributed by atoms with van der Waals surface area (Å²) < 4.78 is 0. The van der Waals surface area contributed by atoms with Crippen molar-refractivity contribution >= 4 is 0 Å². The maximum atomic E-state index is 2.45. The largest absolute Gasteiger partial charge is 0.0625 e. The van der Waals surface area contributed by atoms with Crippen molar-refractivity contribution < 1.29 is 0 Å². The van der Waals surface area contributed by atoms with Crippen LogP contribution in [0.15, 0.2) is 0 Å². The lowest BCUT2D eigenvalue weighted by molar-refractivity contribution is 0.191. The Balaban J connectivity index is 2.18. The van der Waals surface area contributed by atoms with Crippen LogP contribution in [0.25, 0.3) is 0 Å². The Bertz CT molecular complexity index is 128. The summed E-state index contributed by atoms with van der Waals surface area (Å²) in [5.74, 6) is 3.01. The van der Waals surface area contributed by atoms with Crippen molar-refractivity contribution in [3.8, 4) is 0 Å². The molecule has 1 rings (SSSR count). The van der Waals surface area contributed by atoms with Crippen molar-refractivity contribution in [2.24, 2.45) is 17.8 Å². The van der Waals surface area contributed by atoms with Crippen LogP contribution < -0.4 is 0 Å². The minimum atomic E-state index is 0.987. The molecule has 3 unspecified atom stereocenters. The van der Waals surface area contributed by atoms with E-state index in [-0.39, 0.29) is 0 Å². The van der Waals surface area contributed by atoms with Crippen LogP contribution in [0, 0.1) is 24.2 Å². The molecule has 1 radical (unpaired) electrons. The summed E-state index contributed by atoms with van der Waals surface area (Å²) in [5, 5.41) is 0. The third-order valence-corrected chi connectivity index (χ3v) is 3.68. The summed E-state index contributed by atoms with van der Waals surface area (Å²) in [7, 11) is 0. The maximum Gasteiger partial charge on any atom is -0.0388 e. The van der Waals surface area contributed by atoms with E-state index in [1.54, 1.807) is 0 Å². The van der Waals surface area contributed by atoms with Crippen molar-refractivity contribution in [3.05, 3.63) is 6.42 Å². The highest BCUT2D eigenvalue weighted by molar-refractivity contribution is 4.76. The molecule has 13 heavy (non-hydrogen) atoms. The van der Waals surface area contributed by atoms with Crippen LogP contribution >= 0.6 is 0 Å². The van der Waals surface area contributed by atoms with Gasteiger partial charge in [0.1, 0.15) is 0 Å². The average molecular weight is 181 g/mol. The Morgan fingerprint density at radius 1 is 1.23 bits per heavy atom. The molecule has 0 bridgehead atoms. The third kappa shape index (κ3) is 3.70. The van der Waals surface area contributed by atoms with Crippen molar-refractivity contribution in [2.75, 3.05) is 0 Å². The van der Waals surface area contributed by atoms with E-state index in [0.29, 0.717) is 0 Å². The minimum absolute atomic E-state index is 0.987. The van der Waals surface area contributed by atoms with Gasteiger partial charge in [-0.15, -0.1) is 0 Å². The van der Waals surface area contributed by atoms with Crippen LogP contribution in [-0.4, -0.2) is 0 Å². The number of unbranched alkanes of at least 4 members (excludes halogenated alkanes) is 2. The molecule has 1 saturated carbocycles. The summed E-state index contributed by atoms with van der Waals surface area (Å²) in [6, 6.07) is 0. The molecular weight excluding hydrogens is 156 g/mol. The van der Waals surface area contributed by atoms with Crippen LogP contribution in [-0.2, 0) is 0 Å². The quantitative estimate of drug-likeness (QED) is 0.562. The molecule has 77 valence electrons. The maximum absolute atomic E-state index is 2.45. The fourth-order valence-corrected chi connectivity index (χ4v) is 2.74. The predicted octanol–water partition coefficient (Wildman–Crippen LogP) is 4.45. The smallest absolute Gasteiger partial charge is 0.0388 e. The Kier molecular flexibility index (Phi) is 4.83. The topological polar surface area (TPSA) is 0 Å². The number of hydrogen-bond acceptors (Lipinski definition) is 0. The summed E-state index contributed by atoms with van der Waals surface area (Å²) in [6.07, 6.45) is 10.9. The zero-order chi connectivity index (χ0) is 9.68. The van der Waals surface area contributed by atoms with Gasteiger partial charge in [0.15, 0.2) is 0 Å². The summed E-state index contributed by atoms with van der Waals surface area (Å²) in [4.78, 5) is 0. The van der Waals surface area contributed by atoms with Gasteiger partial charge in [-0.25, -0.2) is 0 Å². The molecule has 0 amide bonds. The first-order valence-electron chi connectivity index (χ1n) is 6.01. The summed E-state index contributed by atoms with van der Waals surface area (Å²) >= 11 is 0. The van der Waals surface area contributed by atoms with Crippen LogP contribution in [0.4, 0.5) is 0 Å². The fourth-order valence-electron chi connectivity index (χ4n) is 2.74. The zero-order valence-corrected chi connectivity index (χ0v) is 9.55. The van der Waals surface area contributed by atoms with Crippen LogP contribution in [0.1, 0.15) is 59.3 Å². The first-order chi connectivity index (χ1) is 6.24. The second-order valence-corrected chi connectivity index (χ2v) is 4.99. The molecule has 0 heteroatoms. The van der Waals surface area contributed by atoms with Gasteiger partial charge < -0.3 is 0 Å². The van der Waals surface area contributed by atoms with Crippen molar-refractivity contribution in [1.82, 2.24) is 0 Å². The van der Waals surface area contributed by atoms with Gasteiger partial charge in [0.05, 0.1) is 0 Å². The van der Waals surface area contributed by atoms with Crippen LogP contribution in [0.3, 0.4) is 0 Å². The van der Waals surface area contributed by atoms with Crippen molar-refractivity contribution in [2.45, 2.75) is 59.3 Å². The molecule has 0 aliphatic heterocycles. The standard InChI is InChI=1S/C13H25/c1-4-5-6-7-13-9-8-11(2)10-12(13)3/h4,11-13H,5-10H2,1-3H3. The Morgan fingerprint density at radius 2 is 2.00 bits per heavy atom. The van der Waals surface area contributed by atoms with Crippen LogP contribution in [0.5, 0.6) is 0 Å². The Labute approximate surface area is 84.1 Å². The van der Waals surface area contributed by atoms with Gasteiger partial charge in [-0.05, 0) is 37.0 Å². The lowest BCUT2D eigenvalue weighted by atomic mass is 9.74. The Hall–Kier alpha value is 0. The highest BCUT2D eigenvalue weighted by Gasteiger charge is 2.24. The van der Waals surface area contributed by atoms with E-state index in [4.69, 9.17) is 0 Å². The second kappa shape index (κ2) is 5.67. The lowest BCUT2D eigenvalue weighted by Crippen LogP contribution is -2.21. The van der Waals surface area contributed by atoms with E-state index >= 15 is 0 Å². The van der Waals surface area contributed by atoms with E-state index in [1.807, 2.05) is 0 Å². The van der Waals surface area contributed by atoms with Crippen molar-refractivity contribution in [3.63, 3.8) is 0 Å². The first-order valence-corrected chi connectivity index (χ1v) is 6.01. The van der Waals surface area contributed by atoms with Gasteiger partial charge in [-0.3, -0.25) is 0 Å². The lowest BCUT2D eigenvalue weighted by Gasteiger charge is -2.32. The predicted molar refractivity (Wildman–Crippen MR) is 59.5 cm³/mol. The van der Waals surface area contributed by atoms with Crippen molar-refractivity contribution in [1.29, 1.82) is 0 Å². The molecule has 0 aromatic rings. The Morgan fingerprint density at radius 3 is 2.62 bits per heavy atom. The molecule has 1 aliphatic carbocycles. The molecule has 0 aromatic heterocycles. The molecule has 1 fully saturated rings. The highest BCUT2D eigenvalue weighted by atomic mass is 14.3. The van der Waals surface area contributed by atoms with Gasteiger partial charge >= 0.3 is 0 Å². The summed E-state index contributed by atoms with van der Waals surface area (Å²) in [5.41, 5.74) is 0. The molecule has 1 aliphatic rings. The second-order valence-electron chi connectivity index (χ2n) is 4.99. The highest BCUT2D eigenvalue weighted by Crippen LogP contribution is 2.36. The normalized spacial score (nSPS) is 34.8. The molecule has 3 atom stereocenters. The third-order valence-electron chi connectivity index (χ3n) is 3.68.